The van der Waals surface area contributed by atoms with Crippen molar-refractivity contribution in [3.8, 4) is 5.75 Å². The number of hydrogen-bond donors (Lipinski definition) is 1. The summed E-state index contributed by atoms with van der Waals surface area (Å²) < 4.78 is 11.1. The van der Waals surface area contributed by atoms with Gasteiger partial charge in [-0.3, -0.25) is 0 Å². The van der Waals surface area contributed by atoms with Crippen molar-refractivity contribution in [3.05, 3.63) is 28.8 Å². The molecule has 2 unspecified atom stereocenters. The van der Waals surface area contributed by atoms with Gasteiger partial charge in [0, 0.05) is 12.6 Å². The summed E-state index contributed by atoms with van der Waals surface area (Å²) >= 11 is 6.07. The maximum Gasteiger partial charge on any atom is 0.137 e. The van der Waals surface area contributed by atoms with E-state index in [1.807, 2.05) is 19.2 Å². The largest absolute Gasteiger partial charge is 0.495 e. The SMILES string of the molecule is CNC(CC1CCCCO1)c1ccc(Cl)c(OC)c1. The van der Waals surface area contributed by atoms with Crippen molar-refractivity contribution in [1.82, 2.24) is 5.32 Å². The van der Waals surface area contributed by atoms with Crippen LogP contribution in [0.25, 0.3) is 0 Å². The maximum absolute atomic E-state index is 6.07. The Bertz CT molecular complexity index is 405. The molecule has 0 aliphatic carbocycles. The molecule has 0 bridgehead atoms. The molecule has 4 heteroatoms. The standard InChI is InChI=1S/C15H22ClNO2/c1-17-14(10-12-5-3-4-8-19-12)11-6-7-13(16)15(9-11)18-2/h6-7,9,12,14,17H,3-5,8,10H2,1-2H3. The molecule has 0 aromatic heterocycles. The fraction of sp³-hybridized carbons (Fsp3) is 0.600. The fourth-order valence-electron chi connectivity index (χ4n) is 2.57. The van der Waals surface area contributed by atoms with Crippen molar-refractivity contribution in [2.24, 2.45) is 0 Å². The summed E-state index contributed by atoms with van der Waals surface area (Å²) in [6, 6.07) is 6.22. The highest BCUT2D eigenvalue weighted by atomic mass is 35.5. The van der Waals surface area contributed by atoms with Gasteiger partial charge in [0.15, 0.2) is 0 Å². The minimum atomic E-state index is 0.272. The molecule has 106 valence electrons. The minimum absolute atomic E-state index is 0.272. The van der Waals surface area contributed by atoms with E-state index in [4.69, 9.17) is 21.1 Å². The van der Waals surface area contributed by atoms with Gasteiger partial charge in [-0.2, -0.15) is 0 Å². The van der Waals surface area contributed by atoms with Gasteiger partial charge in [-0.25, -0.2) is 0 Å². The van der Waals surface area contributed by atoms with E-state index in [1.165, 1.54) is 18.4 Å². The van der Waals surface area contributed by atoms with E-state index < -0.39 is 0 Å². The average Bonchev–Trinajstić information content (AvgIpc) is 2.46. The summed E-state index contributed by atoms with van der Waals surface area (Å²) in [4.78, 5) is 0. The fourth-order valence-corrected chi connectivity index (χ4v) is 2.76. The molecule has 2 rings (SSSR count). The van der Waals surface area contributed by atoms with Crippen LogP contribution in [0.1, 0.15) is 37.3 Å². The minimum Gasteiger partial charge on any atom is -0.495 e. The molecule has 0 amide bonds. The highest BCUT2D eigenvalue weighted by Gasteiger charge is 2.20. The lowest BCUT2D eigenvalue weighted by Gasteiger charge is -2.27. The van der Waals surface area contributed by atoms with Crippen molar-refractivity contribution >= 4 is 11.6 Å². The summed E-state index contributed by atoms with van der Waals surface area (Å²) in [6.45, 7) is 0.894. The first-order valence-electron chi connectivity index (χ1n) is 6.87. The van der Waals surface area contributed by atoms with E-state index in [9.17, 15) is 0 Å². The number of methoxy groups -OCH3 is 1. The molecule has 1 aliphatic rings. The van der Waals surface area contributed by atoms with E-state index in [2.05, 4.69) is 11.4 Å². The van der Waals surface area contributed by atoms with Gasteiger partial charge in [-0.15, -0.1) is 0 Å². The Hall–Kier alpha value is -0.770. The van der Waals surface area contributed by atoms with Gasteiger partial charge in [-0.05, 0) is 50.4 Å². The second-order valence-electron chi connectivity index (χ2n) is 4.96. The first-order chi connectivity index (χ1) is 9.24. The van der Waals surface area contributed by atoms with Crippen molar-refractivity contribution < 1.29 is 9.47 Å². The summed E-state index contributed by atoms with van der Waals surface area (Å²) in [5.74, 6) is 0.726. The van der Waals surface area contributed by atoms with Gasteiger partial charge in [0.05, 0.1) is 18.2 Å². The number of hydrogen-bond acceptors (Lipinski definition) is 3. The second-order valence-corrected chi connectivity index (χ2v) is 5.37. The van der Waals surface area contributed by atoms with Crippen LogP contribution in [-0.4, -0.2) is 26.9 Å². The van der Waals surface area contributed by atoms with Crippen LogP contribution in [0.2, 0.25) is 5.02 Å². The van der Waals surface area contributed by atoms with Gasteiger partial charge in [-0.1, -0.05) is 17.7 Å². The van der Waals surface area contributed by atoms with Gasteiger partial charge in [0.1, 0.15) is 5.75 Å². The van der Waals surface area contributed by atoms with Crippen LogP contribution >= 0.6 is 11.6 Å². The van der Waals surface area contributed by atoms with Crippen LogP contribution in [0.4, 0.5) is 0 Å². The molecule has 1 N–H and O–H groups in total. The second kappa shape index (κ2) is 7.13. The lowest BCUT2D eigenvalue weighted by atomic mass is 9.96. The molecule has 1 aromatic rings. The zero-order valence-corrected chi connectivity index (χ0v) is 12.4. The molecule has 1 aliphatic heterocycles. The molecule has 1 aromatic carbocycles. The van der Waals surface area contributed by atoms with E-state index in [0.717, 1.165) is 25.2 Å². The smallest absolute Gasteiger partial charge is 0.137 e. The lowest BCUT2D eigenvalue weighted by Crippen LogP contribution is -2.26. The Morgan fingerprint density at radius 2 is 2.32 bits per heavy atom. The zero-order chi connectivity index (χ0) is 13.7. The number of nitrogens with one attached hydrogen (secondary N) is 1. The van der Waals surface area contributed by atoms with Crippen molar-refractivity contribution in [2.45, 2.75) is 37.8 Å². The van der Waals surface area contributed by atoms with E-state index in [-0.39, 0.29) is 6.04 Å². The quantitative estimate of drug-likeness (QED) is 0.896. The highest BCUT2D eigenvalue weighted by molar-refractivity contribution is 6.32. The van der Waals surface area contributed by atoms with Gasteiger partial charge < -0.3 is 14.8 Å². The number of benzene rings is 1. The Morgan fingerprint density at radius 1 is 1.47 bits per heavy atom. The van der Waals surface area contributed by atoms with Crippen molar-refractivity contribution in [1.29, 1.82) is 0 Å². The van der Waals surface area contributed by atoms with Crippen molar-refractivity contribution in [3.63, 3.8) is 0 Å². The summed E-state index contributed by atoms with van der Waals surface area (Å²) in [5.41, 5.74) is 1.19. The van der Waals surface area contributed by atoms with Gasteiger partial charge >= 0.3 is 0 Å². The molecule has 1 fully saturated rings. The zero-order valence-electron chi connectivity index (χ0n) is 11.6. The maximum atomic E-state index is 6.07. The molecular weight excluding hydrogens is 262 g/mol. The molecule has 1 heterocycles. The first kappa shape index (κ1) is 14.6. The Kier molecular flexibility index (Phi) is 5.49. The molecular formula is C15H22ClNO2. The Morgan fingerprint density at radius 3 is 2.95 bits per heavy atom. The van der Waals surface area contributed by atoms with Crippen LogP contribution in [0.15, 0.2) is 18.2 Å². The van der Waals surface area contributed by atoms with Gasteiger partial charge in [0.25, 0.3) is 0 Å². The first-order valence-corrected chi connectivity index (χ1v) is 7.24. The normalized spacial score (nSPS) is 21.1. The molecule has 0 saturated carbocycles. The molecule has 2 atom stereocenters. The third kappa shape index (κ3) is 3.85. The topological polar surface area (TPSA) is 30.5 Å². The molecule has 0 spiro atoms. The molecule has 0 radical (unpaired) electrons. The predicted octanol–water partition coefficient (Wildman–Crippen LogP) is 3.57. The third-order valence-electron chi connectivity index (χ3n) is 3.70. The highest BCUT2D eigenvalue weighted by Crippen LogP contribution is 2.30. The van der Waals surface area contributed by atoms with E-state index in [0.29, 0.717) is 11.1 Å². The van der Waals surface area contributed by atoms with Gasteiger partial charge in [0.2, 0.25) is 0 Å². The Balaban J connectivity index is 2.07. The summed E-state index contributed by atoms with van der Waals surface area (Å²) in [5, 5.41) is 4.01. The van der Waals surface area contributed by atoms with Crippen LogP contribution in [-0.2, 0) is 4.74 Å². The average molecular weight is 284 g/mol. The van der Waals surface area contributed by atoms with E-state index in [1.54, 1.807) is 7.11 Å². The monoisotopic (exact) mass is 283 g/mol. The van der Waals surface area contributed by atoms with E-state index >= 15 is 0 Å². The summed E-state index contributed by atoms with van der Waals surface area (Å²) in [7, 11) is 3.62. The third-order valence-corrected chi connectivity index (χ3v) is 4.01. The Labute approximate surface area is 120 Å². The predicted molar refractivity (Wildman–Crippen MR) is 78.0 cm³/mol. The number of rotatable bonds is 5. The summed E-state index contributed by atoms with van der Waals surface area (Å²) in [6.07, 6.45) is 4.96. The molecule has 1 saturated heterocycles. The van der Waals surface area contributed by atoms with Crippen molar-refractivity contribution in [2.75, 3.05) is 20.8 Å². The van der Waals surface area contributed by atoms with Crippen LogP contribution in [0.5, 0.6) is 5.75 Å². The van der Waals surface area contributed by atoms with Crippen LogP contribution < -0.4 is 10.1 Å². The van der Waals surface area contributed by atoms with Crippen LogP contribution in [0.3, 0.4) is 0 Å². The lowest BCUT2D eigenvalue weighted by molar-refractivity contribution is 0.00547. The van der Waals surface area contributed by atoms with Crippen LogP contribution in [0, 0.1) is 0 Å². The molecule has 3 nitrogen and oxygen atoms in total. The number of halogens is 1. The number of ether oxygens (including phenoxy) is 2. The molecule has 19 heavy (non-hydrogen) atoms.